The fraction of sp³-hybridized carbons (Fsp3) is 0.556. The van der Waals surface area contributed by atoms with Gasteiger partial charge in [0.1, 0.15) is 6.61 Å². The highest BCUT2D eigenvalue weighted by molar-refractivity contribution is 5.70. The monoisotopic (exact) mass is 1180 g/mol. The minimum absolute atomic E-state index is 0.0950. The van der Waals surface area contributed by atoms with Crippen molar-refractivity contribution >= 4 is 11.9 Å². The first-order chi connectivity index (χ1) is 42.6. The first-order valence-corrected chi connectivity index (χ1v) is 34.6. The topological polar surface area (TPSA) is 72.8 Å². The van der Waals surface area contributed by atoms with Crippen LogP contribution >= 0.6 is 0 Å². The zero-order valence-electron chi connectivity index (χ0n) is 55.0. The molecule has 5 heteroatoms. The van der Waals surface area contributed by atoms with E-state index < -0.39 is 6.10 Å². The van der Waals surface area contributed by atoms with Crippen LogP contribution in [-0.4, -0.2) is 36.4 Å². The molecule has 0 aliphatic heterocycles. The summed E-state index contributed by atoms with van der Waals surface area (Å²) < 4.78 is 10.7. The summed E-state index contributed by atoms with van der Waals surface area (Å²) >= 11 is 0. The van der Waals surface area contributed by atoms with Crippen molar-refractivity contribution in [1.29, 1.82) is 0 Å². The van der Waals surface area contributed by atoms with Crippen LogP contribution in [-0.2, 0) is 19.1 Å². The van der Waals surface area contributed by atoms with Crippen molar-refractivity contribution < 1.29 is 24.2 Å². The molecule has 1 unspecified atom stereocenters. The Hall–Kier alpha value is -5.52. The van der Waals surface area contributed by atoms with Crippen LogP contribution in [0.25, 0.3) is 0 Å². The van der Waals surface area contributed by atoms with Crippen molar-refractivity contribution in [2.75, 3.05) is 13.2 Å². The molecule has 0 radical (unpaired) electrons. The summed E-state index contributed by atoms with van der Waals surface area (Å²) in [6, 6.07) is 0. The molecule has 0 aromatic rings. The lowest BCUT2D eigenvalue weighted by molar-refractivity contribution is -0.161. The van der Waals surface area contributed by atoms with Gasteiger partial charge in [-0.3, -0.25) is 9.59 Å². The van der Waals surface area contributed by atoms with Crippen molar-refractivity contribution in [3.8, 4) is 0 Å². The second-order valence-corrected chi connectivity index (χ2v) is 22.1. The van der Waals surface area contributed by atoms with Gasteiger partial charge in [0.15, 0.2) is 6.10 Å². The summed E-state index contributed by atoms with van der Waals surface area (Å²) in [5, 5.41) is 9.69. The highest BCUT2D eigenvalue weighted by Crippen LogP contribution is 2.16. The second-order valence-electron chi connectivity index (χ2n) is 22.1. The molecule has 0 spiro atoms. The van der Waals surface area contributed by atoms with Gasteiger partial charge in [0, 0.05) is 12.8 Å². The predicted molar refractivity (Wildman–Crippen MR) is 379 cm³/mol. The van der Waals surface area contributed by atoms with Crippen molar-refractivity contribution in [2.45, 2.75) is 277 Å². The number of aliphatic hydroxyl groups is 1. The van der Waals surface area contributed by atoms with E-state index in [0.29, 0.717) is 12.8 Å². The van der Waals surface area contributed by atoms with Crippen LogP contribution in [0.15, 0.2) is 207 Å². The number of esters is 2. The molecule has 0 saturated heterocycles. The highest BCUT2D eigenvalue weighted by atomic mass is 16.6. The quantitative estimate of drug-likeness (QED) is 0.0373. The molecule has 0 amide bonds. The molecule has 0 aromatic carbocycles. The number of carbonyl (C=O) groups is 2. The van der Waals surface area contributed by atoms with Crippen molar-refractivity contribution in [1.82, 2.24) is 0 Å². The van der Waals surface area contributed by atoms with Gasteiger partial charge in [-0.1, -0.05) is 317 Å². The maximum Gasteiger partial charge on any atom is 0.306 e. The highest BCUT2D eigenvalue weighted by Gasteiger charge is 2.16. The number of rotatable bonds is 61. The Morgan fingerprint density at radius 3 is 0.721 bits per heavy atom. The van der Waals surface area contributed by atoms with E-state index in [0.717, 1.165) is 141 Å². The molecular formula is C81H126O5. The molecule has 0 aromatic heterocycles. The number of aliphatic hydroxyl groups excluding tert-OH is 1. The fourth-order valence-corrected chi connectivity index (χ4v) is 8.98. The Morgan fingerprint density at radius 1 is 0.267 bits per heavy atom. The maximum atomic E-state index is 12.3. The third-order valence-corrected chi connectivity index (χ3v) is 14.1. The second kappa shape index (κ2) is 73.7. The van der Waals surface area contributed by atoms with Crippen molar-refractivity contribution in [2.24, 2.45) is 0 Å². The first kappa shape index (κ1) is 80.5. The van der Waals surface area contributed by atoms with Gasteiger partial charge in [-0.15, -0.1) is 0 Å². The van der Waals surface area contributed by atoms with Crippen LogP contribution in [0.5, 0.6) is 0 Å². The van der Waals surface area contributed by atoms with E-state index in [2.05, 4.69) is 220 Å². The lowest BCUT2D eigenvalue weighted by Gasteiger charge is -2.15. The maximum absolute atomic E-state index is 12.3. The standard InChI is InChI=1S/C81H126O5/c1-3-5-7-9-11-13-15-17-19-21-23-25-27-29-31-33-35-37-38-39-40-41-42-44-45-47-49-51-53-55-57-59-61-63-65-67-69-71-73-75-80(83)85-78-79(77-82)86-81(84)76-74-72-70-68-66-64-62-60-58-56-54-52-50-48-46-43-36-34-32-30-28-26-24-22-20-18-16-14-12-10-8-6-4-2/h5-8,11-14,17-20,23-26,29-32,35-37,39-40,43,48,50,54,56,60,62,66,68,79,82H,3-4,9-10,15-16,21-22,27-28,33-34,38,41-42,44-47,49,51-53,55,57-59,61,63-65,67,69-78H2,1-2H3/b7-5-,8-6-,13-11-,14-12-,19-17-,20-18-,25-23-,26-24-,31-29-,32-30-,37-35-,40-39-,43-36-,50-48-,56-54-,62-60-,68-66-. The average molecular weight is 1180 g/mol. The third-order valence-electron chi connectivity index (χ3n) is 14.1. The molecule has 0 rings (SSSR count). The van der Waals surface area contributed by atoms with Gasteiger partial charge in [-0.05, 0) is 148 Å². The van der Waals surface area contributed by atoms with E-state index in [1.807, 2.05) is 0 Å². The van der Waals surface area contributed by atoms with Crippen LogP contribution in [0.2, 0.25) is 0 Å². The molecule has 0 saturated carbocycles. The van der Waals surface area contributed by atoms with Crippen LogP contribution in [0.4, 0.5) is 0 Å². The molecule has 0 bridgehead atoms. The Bertz CT molecular complexity index is 2020. The molecule has 0 aliphatic carbocycles. The summed E-state index contributed by atoms with van der Waals surface area (Å²) in [6.07, 6.45) is 118. The van der Waals surface area contributed by atoms with E-state index in [-0.39, 0.29) is 31.6 Å². The zero-order chi connectivity index (χ0) is 61.9. The Labute approximate surface area is 530 Å². The van der Waals surface area contributed by atoms with Crippen LogP contribution < -0.4 is 0 Å². The number of unbranched alkanes of at least 4 members (excludes halogenated alkanes) is 19. The van der Waals surface area contributed by atoms with Gasteiger partial charge in [0.2, 0.25) is 0 Å². The van der Waals surface area contributed by atoms with E-state index in [4.69, 9.17) is 9.47 Å². The van der Waals surface area contributed by atoms with Crippen LogP contribution in [0.1, 0.15) is 271 Å². The number of carbonyl (C=O) groups excluding carboxylic acids is 2. The molecule has 86 heavy (non-hydrogen) atoms. The summed E-state index contributed by atoms with van der Waals surface area (Å²) in [6.45, 7) is 3.87. The molecule has 0 heterocycles. The lowest BCUT2D eigenvalue weighted by atomic mass is 10.0. The predicted octanol–water partition coefficient (Wildman–Crippen LogP) is 24.5. The zero-order valence-corrected chi connectivity index (χ0v) is 55.0. The summed E-state index contributed by atoms with van der Waals surface area (Å²) in [5.41, 5.74) is 0. The van der Waals surface area contributed by atoms with Crippen LogP contribution in [0.3, 0.4) is 0 Å². The molecular weight excluding hydrogens is 1050 g/mol. The SMILES string of the molecule is CC/C=C\C/C=C\C/C=C\C/C=C\C/C=C\C/C=C\C/C=C\C/C=C\C/C=C\C/C=C\CCCCC(=O)OC(CO)COC(=O)CCCCCCCCCCCCCCCCCCC/C=C\C/C=C\C/C=C\C/C=C\C/C=C\C/C=C\C/C=C\CC. The summed E-state index contributed by atoms with van der Waals surface area (Å²) in [4.78, 5) is 24.6. The molecule has 0 aliphatic rings. The van der Waals surface area contributed by atoms with E-state index in [1.54, 1.807) is 0 Å². The van der Waals surface area contributed by atoms with Gasteiger partial charge in [0.05, 0.1) is 6.61 Å². The molecule has 0 fully saturated rings. The third kappa shape index (κ3) is 71.0. The number of hydrogen-bond donors (Lipinski definition) is 1. The van der Waals surface area contributed by atoms with E-state index in [9.17, 15) is 14.7 Å². The van der Waals surface area contributed by atoms with Gasteiger partial charge in [0.25, 0.3) is 0 Å². The Kier molecular flexibility index (Phi) is 69.0. The molecule has 480 valence electrons. The van der Waals surface area contributed by atoms with E-state index in [1.165, 1.54) is 96.3 Å². The smallest absolute Gasteiger partial charge is 0.306 e. The Morgan fingerprint density at radius 2 is 0.465 bits per heavy atom. The summed E-state index contributed by atoms with van der Waals surface area (Å²) in [7, 11) is 0. The fourth-order valence-electron chi connectivity index (χ4n) is 8.98. The van der Waals surface area contributed by atoms with Gasteiger partial charge in [-0.25, -0.2) is 0 Å². The van der Waals surface area contributed by atoms with Gasteiger partial charge < -0.3 is 14.6 Å². The molecule has 1 atom stereocenters. The summed E-state index contributed by atoms with van der Waals surface area (Å²) in [5.74, 6) is -0.651. The first-order valence-electron chi connectivity index (χ1n) is 34.6. The normalized spacial score (nSPS) is 13.6. The lowest BCUT2D eigenvalue weighted by Crippen LogP contribution is -2.28. The average Bonchev–Trinajstić information content (AvgIpc) is 3.55. The van der Waals surface area contributed by atoms with Crippen molar-refractivity contribution in [3.63, 3.8) is 0 Å². The van der Waals surface area contributed by atoms with Gasteiger partial charge in [-0.2, -0.15) is 0 Å². The molecule has 5 nitrogen and oxygen atoms in total. The number of ether oxygens (including phenoxy) is 2. The van der Waals surface area contributed by atoms with Crippen LogP contribution in [0, 0.1) is 0 Å². The molecule has 1 N–H and O–H groups in total. The largest absolute Gasteiger partial charge is 0.462 e. The minimum atomic E-state index is -0.811. The van der Waals surface area contributed by atoms with Gasteiger partial charge >= 0.3 is 11.9 Å². The van der Waals surface area contributed by atoms with Crippen molar-refractivity contribution in [3.05, 3.63) is 207 Å². The van der Waals surface area contributed by atoms with E-state index >= 15 is 0 Å². The number of allylic oxidation sites excluding steroid dienone is 34. The Balaban J connectivity index is 3.61. The number of hydrogen-bond acceptors (Lipinski definition) is 5. The minimum Gasteiger partial charge on any atom is -0.462 e.